The lowest BCUT2D eigenvalue weighted by Gasteiger charge is -2.08. The van der Waals surface area contributed by atoms with Crippen molar-refractivity contribution in [2.24, 2.45) is 0 Å². The van der Waals surface area contributed by atoms with E-state index in [1.807, 2.05) is 6.07 Å². The average Bonchev–Trinajstić information content (AvgIpc) is 2.38. The van der Waals surface area contributed by atoms with Crippen LogP contribution in [0.5, 0.6) is 0 Å². The molecule has 4 nitrogen and oxygen atoms in total. The Morgan fingerprint density at radius 1 is 1.20 bits per heavy atom. The molecule has 0 amide bonds. The molecule has 0 unspecified atom stereocenters. The van der Waals surface area contributed by atoms with Gasteiger partial charge in [-0.05, 0) is 29.8 Å². The first-order valence-corrected chi connectivity index (χ1v) is 7.35. The fourth-order valence-corrected chi connectivity index (χ4v) is 3.35. The molecule has 0 aromatic heterocycles. The summed E-state index contributed by atoms with van der Waals surface area (Å²) in [6.07, 6.45) is 0. The van der Waals surface area contributed by atoms with Gasteiger partial charge in [0, 0.05) is 0 Å². The Balaban J connectivity index is 2.44. The number of sulfone groups is 1. The van der Waals surface area contributed by atoms with Crippen molar-refractivity contribution < 1.29 is 12.8 Å². The Bertz CT molecular complexity index is 795. The first-order chi connectivity index (χ1) is 9.44. The second-order valence-corrected chi connectivity index (χ2v) is 6.17. The number of nitrogen functional groups attached to an aromatic ring is 1. The number of hydrogen-bond donors (Lipinski definition) is 1. The zero-order valence-corrected chi connectivity index (χ0v) is 11.2. The molecule has 2 rings (SSSR count). The van der Waals surface area contributed by atoms with Crippen LogP contribution in [0.25, 0.3) is 0 Å². The molecule has 0 aliphatic rings. The molecule has 0 aliphatic carbocycles. The predicted octanol–water partition coefficient (Wildman–Crippen LogP) is 2.25. The molecule has 0 fully saturated rings. The van der Waals surface area contributed by atoms with Crippen LogP contribution in [0.1, 0.15) is 11.1 Å². The van der Waals surface area contributed by atoms with Gasteiger partial charge in [0.05, 0.1) is 28.0 Å². The minimum Gasteiger partial charge on any atom is -0.398 e. The normalized spacial score (nSPS) is 11.0. The second kappa shape index (κ2) is 5.31. The van der Waals surface area contributed by atoms with Crippen LogP contribution in [0, 0.1) is 17.1 Å². The minimum atomic E-state index is -3.74. The molecular formula is C14H11FN2O2S. The highest BCUT2D eigenvalue weighted by atomic mass is 32.2. The van der Waals surface area contributed by atoms with E-state index in [1.54, 1.807) is 24.3 Å². The van der Waals surface area contributed by atoms with Gasteiger partial charge in [0.1, 0.15) is 5.82 Å². The SMILES string of the molecule is N#Cc1ccccc1CS(=O)(=O)c1ccc(F)cc1N. The lowest BCUT2D eigenvalue weighted by molar-refractivity contribution is 0.594. The van der Waals surface area contributed by atoms with Gasteiger partial charge in [0.15, 0.2) is 9.84 Å². The molecule has 102 valence electrons. The van der Waals surface area contributed by atoms with Crippen LogP contribution < -0.4 is 5.73 Å². The summed E-state index contributed by atoms with van der Waals surface area (Å²) in [6.45, 7) is 0. The van der Waals surface area contributed by atoms with Gasteiger partial charge in [-0.15, -0.1) is 0 Å². The fourth-order valence-electron chi connectivity index (χ4n) is 1.84. The van der Waals surface area contributed by atoms with Crippen LogP contribution in [-0.2, 0) is 15.6 Å². The van der Waals surface area contributed by atoms with E-state index in [9.17, 15) is 12.8 Å². The quantitative estimate of drug-likeness (QED) is 0.694. The zero-order valence-electron chi connectivity index (χ0n) is 10.4. The van der Waals surface area contributed by atoms with Crippen molar-refractivity contribution in [3.05, 3.63) is 59.4 Å². The van der Waals surface area contributed by atoms with Crippen molar-refractivity contribution >= 4 is 15.5 Å². The van der Waals surface area contributed by atoms with Crippen molar-refractivity contribution in [1.29, 1.82) is 5.26 Å². The average molecular weight is 290 g/mol. The molecule has 6 heteroatoms. The largest absolute Gasteiger partial charge is 0.398 e. The van der Waals surface area contributed by atoms with Crippen molar-refractivity contribution in [2.45, 2.75) is 10.6 Å². The highest BCUT2D eigenvalue weighted by Gasteiger charge is 2.20. The number of nitrogens with two attached hydrogens (primary N) is 1. The summed E-state index contributed by atoms with van der Waals surface area (Å²) in [5.41, 5.74) is 6.08. The molecule has 0 heterocycles. The molecule has 2 aromatic carbocycles. The van der Waals surface area contributed by atoms with Gasteiger partial charge in [-0.2, -0.15) is 5.26 Å². The van der Waals surface area contributed by atoms with E-state index in [4.69, 9.17) is 11.0 Å². The molecular weight excluding hydrogens is 279 g/mol. The van der Waals surface area contributed by atoms with Crippen LogP contribution in [0.2, 0.25) is 0 Å². The molecule has 0 saturated heterocycles. The number of nitrogens with zero attached hydrogens (tertiary/aromatic N) is 1. The van der Waals surface area contributed by atoms with Crippen molar-refractivity contribution in [2.75, 3.05) is 5.73 Å². The maximum atomic E-state index is 13.0. The van der Waals surface area contributed by atoms with E-state index in [0.717, 1.165) is 18.2 Å². The molecule has 2 N–H and O–H groups in total. The Morgan fingerprint density at radius 3 is 2.55 bits per heavy atom. The molecule has 20 heavy (non-hydrogen) atoms. The summed E-state index contributed by atoms with van der Waals surface area (Å²) < 4.78 is 37.5. The number of hydrogen-bond acceptors (Lipinski definition) is 4. The van der Waals surface area contributed by atoms with Gasteiger partial charge in [0.2, 0.25) is 0 Å². The summed E-state index contributed by atoms with van der Waals surface area (Å²) >= 11 is 0. The lowest BCUT2D eigenvalue weighted by atomic mass is 10.1. The molecule has 0 radical (unpaired) electrons. The number of benzene rings is 2. The van der Waals surface area contributed by atoms with Crippen LogP contribution in [0.3, 0.4) is 0 Å². The Labute approximate surface area is 116 Å². The van der Waals surface area contributed by atoms with Gasteiger partial charge >= 0.3 is 0 Å². The van der Waals surface area contributed by atoms with Gasteiger partial charge in [0.25, 0.3) is 0 Å². The zero-order chi connectivity index (χ0) is 14.8. The highest BCUT2D eigenvalue weighted by molar-refractivity contribution is 7.90. The third-order valence-electron chi connectivity index (χ3n) is 2.79. The van der Waals surface area contributed by atoms with E-state index < -0.39 is 15.7 Å². The Morgan fingerprint density at radius 2 is 1.90 bits per heavy atom. The first kappa shape index (κ1) is 14.0. The highest BCUT2D eigenvalue weighted by Crippen LogP contribution is 2.24. The van der Waals surface area contributed by atoms with Gasteiger partial charge < -0.3 is 5.73 Å². The number of halogens is 1. The predicted molar refractivity (Wildman–Crippen MR) is 72.9 cm³/mol. The van der Waals surface area contributed by atoms with E-state index >= 15 is 0 Å². The smallest absolute Gasteiger partial charge is 0.184 e. The summed E-state index contributed by atoms with van der Waals surface area (Å²) in [6, 6.07) is 11.5. The number of rotatable bonds is 3. The van der Waals surface area contributed by atoms with Gasteiger partial charge in [-0.3, -0.25) is 0 Å². The molecule has 0 atom stereocenters. The third kappa shape index (κ3) is 2.78. The molecule has 0 spiro atoms. The Kier molecular flexibility index (Phi) is 3.72. The van der Waals surface area contributed by atoms with E-state index in [1.165, 1.54) is 0 Å². The first-order valence-electron chi connectivity index (χ1n) is 5.70. The minimum absolute atomic E-state index is 0.133. The van der Waals surface area contributed by atoms with E-state index in [2.05, 4.69) is 0 Å². The maximum absolute atomic E-state index is 13.0. The standard InChI is InChI=1S/C14H11FN2O2S/c15-12-5-6-14(13(17)7-12)20(18,19)9-11-4-2-1-3-10(11)8-16/h1-7H,9,17H2. The summed E-state index contributed by atoms with van der Waals surface area (Å²) in [4.78, 5) is -0.133. The lowest BCUT2D eigenvalue weighted by Crippen LogP contribution is -2.09. The molecule has 2 aromatic rings. The Hall–Kier alpha value is -2.39. The molecule has 0 bridgehead atoms. The summed E-state index contributed by atoms with van der Waals surface area (Å²) in [5.74, 6) is -0.953. The summed E-state index contributed by atoms with van der Waals surface area (Å²) in [7, 11) is -3.74. The van der Waals surface area contributed by atoms with Gasteiger partial charge in [-0.1, -0.05) is 18.2 Å². The summed E-state index contributed by atoms with van der Waals surface area (Å²) in [5, 5.41) is 8.96. The topological polar surface area (TPSA) is 84.0 Å². The second-order valence-electron chi connectivity index (χ2n) is 4.21. The van der Waals surface area contributed by atoms with E-state index in [-0.39, 0.29) is 21.9 Å². The van der Waals surface area contributed by atoms with Crippen molar-refractivity contribution in [3.8, 4) is 6.07 Å². The van der Waals surface area contributed by atoms with Crippen LogP contribution >= 0.6 is 0 Å². The van der Waals surface area contributed by atoms with Crippen molar-refractivity contribution in [3.63, 3.8) is 0 Å². The van der Waals surface area contributed by atoms with E-state index in [0.29, 0.717) is 5.56 Å². The monoisotopic (exact) mass is 290 g/mol. The number of nitriles is 1. The molecule has 0 aliphatic heterocycles. The van der Waals surface area contributed by atoms with Crippen LogP contribution in [0.15, 0.2) is 47.4 Å². The van der Waals surface area contributed by atoms with Crippen LogP contribution in [-0.4, -0.2) is 8.42 Å². The fraction of sp³-hybridized carbons (Fsp3) is 0.0714. The van der Waals surface area contributed by atoms with Crippen molar-refractivity contribution in [1.82, 2.24) is 0 Å². The van der Waals surface area contributed by atoms with Crippen LogP contribution in [0.4, 0.5) is 10.1 Å². The maximum Gasteiger partial charge on any atom is 0.184 e. The van der Waals surface area contributed by atoms with Gasteiger partial charge in [-0.25, -0.2) is 12.8 Å². The molecule has 0 saturated carbocycles. The number of anilines is 1. The third-order valence-corrected chi connectivity index (χ3v) is 4.52.